The van der Waals surface area contributed by atoms with Crippen molar-refractivity contribution in [2.45, 2.75) is 37.6 Å². The third-order valence-corrected chi connectivity index (χ3v) is 6.12. The Morgan fingerprint density at radius 2 is 1.74 bits per heavy atom. The van der Waals surface area contributed by atoms with E-state index in [0.29, 0.717) is 21.3 Å². The number of halogens is 6. The number of alkyl halides is 6. The van der Waals surface area contributed by atoms with Crippen LogP contribution in [0, 0.1) is 0 Å². The molecule has 7 nitrogen and oxygen atoms in total. The first-order chi connectivity index (χ1) is 16.2. The van der Waals surface area contributed by atoms with Crippen molar-refractivity contribution < 1.29 is 31.1 Å². The van der Waals surface area contributed by atoms with Crippen molar-refractivity contribution in [2.24, 2.45) is 7.05 Å². The van der Waals surface area contributed by atoms with E-state index in [9.17, 15) is 35.9 Å². The minimum Gasteiger partial charge on any atom is -0.382 e. The number of benzene rings is 1. The van der Waals surface area contributed by atoms with Gasteiger partial charge in [-0.15, -0.1) is 11.8 Å². The molecule has 0 saturated heterocycles. The Hall–Kier alpha value is -3.16. The molecule has 2 aromatic heterocycles. The number of carbonyl (C=O) groups is 1. The van der Waals surface area contributed by atoms with Crippen LogP contribution in [0.25, 0.3) is 11.0 Å². The van der Waals surface area contributed by atoms with Crippen molar-refractivity contribution in [3.8, 4) is 0 Å². The molecule has 14 heteroatoms. The summed E-state index contributed by atoms with van der Waals surface area (Å²) in [5, 5.41) is 4.82. The Labute approximate surface area is 199 Å². The molecule has 190 valence electrons. The summed E-state index contributed by atoms with van der Waals surface area (Å²) in [6, 6.07) is 3.16. The van der Waals surface area contributed by atoms with Crippen molar-refractivity contribution in [1.29, 1.82) is 0 Å². The number of carbonyl (C=O) groups excluding carboxylic acids is 1. The number of pyridine rings is 1. The van der Waals surface area contributed by atoms with Crippen LogP contribution in [-0.2, 0) is 25.9 Å². The number of anilines is 2. The summed E-state index contributed by atoms with van der Waals surface area (Å²) in [6.07, 6.45) is -9.60. The molecule has 0 spiro atoms. The summed E-state index contributed by atoms with van der Waals surface area (Å²) in [7, 11) is 2.51. The molecule has 35 heavy (non-hydrogen) atoms. The number of aromatic nitrogens is 3. The summed E-state index contributed by atoms with van der Waals surface area (Å²) in [4.78, 5) is 29.7. The molecule has 0 unspecified atom stereocenters. The molecule has 1 amide bonds. The Morgan fingerprint density at radius 3 is 2.26 bits per heavy atom. The van der Waals surface area contributed by atoms with Gasteiger partial charge in [-0.2, -0.15) is 26.3 Å². The van der Waals surface area contributed by atoms with Gasteiger partial charge >= 0.3 is 12.4 Å². The number of hydrogen-bond acceptors (Lipinski definition) is 5. The molecule has 2 N–H and O–H groups in total. The third kappa shape index (κ3) is 4.97. The van der Waals surface area contributed by atoms with Gasteiger partial charge in [0.25, 0.3) is 11.5 Å². The number of rotatable bonds is 6. The molecule has 0 radical (unpaired) electrons. The fourth-order valence-corrected chi connectivity index (χ4v) is 4.46. The molecule has 0 aliphatic carbocycles. The zero-order valence-electron chi connectivity index (χ0n) is 19.0. The second kappa shape index (κ2) is 9.47. The van der Waals surface area contributed by atoms with Crippen LogP contribution in [0.4, 0.5) is 37.7 Å². The first-order valence-electron chi connectivity index (χ1n) is 10.3. The standard InChI is InChI=1S/C21H21F6N5O2S/c1-5-32-15(20(22,23)24)8-12(16(28-3)18(32)34)29-17(33)10-7-11-13(9-14(10)35-6-2)31(4)19(30-11)21(25,26)27/h7-9,28H,5-6H2,1-4H3,(H,29,33). The number of nitrogens with zero attached hydrogens (tertiary/aromatic N) is 3. The Balaban J connectivity index is 2.17. The van der Waals surface area contributed by atoms with Crippen molar-refractivity contribution in [3.05, 3.63) is 45.6 Å². The molecular formula is C21H21F6N5O2S. The molecule has 1 aromatic carbocycles. The van der Waals surface area contributed by atoms with Gasteiger partial charge in [0.15, 0.2) is 0 Å². The average Bonchev–Trinajstić information content (AvgIpc) is 3.08. The monoisotopic (exact) mass is 521 g/mol. The van der Waals surface area contributed by atoms with Gasteiger partial charge < -0.3 is 19.8 Å². The number of hydrogen-bond donors (Lipinski definition) is 2. The fourth-order valence-electron chi connectivity index (χ4n) is 3.65. The van der Waals surface area contributed by atoms with Crippen LogP contribution in [-0.4, -0.2) is 32.8 Å². The number of nitrogens with one attached hydrogen (secondary N) is 2. The van der Waals surface area contributed by atoms with E-state index in [4.69, 9.17) is 0 Å². The second-order valence-electron chi connectivity index (χ2n) is 7.33. The molecule has 0 aliphatic rings. The van der Waals surface area contributed by atoms with E-state index >= 15 is 0 Å². The van der Waals surface area contributed by atoms with Crippen LogP contribution < -0.4 is 16.2 Å². The lowest BCUT2D eigenvalue weighted by Crippen LogP contribution is -2.30. The van der Waals surface area contributed by atoms with E-state index < -0.39 is 41.0 Å². The largest absolute Gasteiger partial charge is 0.449 e. The molecule has 0 atom stereocenters. The van der Waals surface area contributed by atoms with E-state index in [1.54, 1.807) is 6.92 Å². The number of thioether (sulfide) groups is 1. The van der Waals surface area contributed by atoms with Crippen LogP contribution >= 0.6 is 11.8 Å². The lowest BCUT2D eigenvalue weighted by molar-refractivity contribution is -0.146. The topological polar surface area (TPSA) is 81.0 Å². The van der Waals surface area contributed by atoms with Crippen LogP contribution in [0.15, 0.2) is 27.9 Å². The zero-order chi connectivity index (χ0) is 26.3. The predicted octanol–water partition coefficient (Wildman–Crippen LogP) is 5.20. The van der Waals surface area contributed by atoms with Gasteiger partial charge in [0.05, 0.1) is 22.3 Å². The lowest BCUT2D eigenvalue weighted by Gasteiger charge is -2.19. The number of amides is 1. The number of imidazole rings is 1. The highest BCUT2D eigenvalue weighted by molar-refractivity contribution is 7.99. The summed E-state index contributed by atoms with van der Waals surface area (Å²) in [5.41, 5.74) is -3.00. The van der Waals surface area contributed by atoms with E-state index in [1.165, 1.54) is 27.1 Å². The summed E-state index contributed by atoms with van der Waals surface area (Å²) in [6.45, 7) is 2.88. The Bertz CT molecular complexity index is 1340. The van der Waals surface area contributed by atoms with Gasteiger partial charge in [0, 0.05) is 25.5 Å². The van der Waals surface area contributed by atoms with Gasteiger partial charge in [0.2, 0.25) is 5.82 Å². The SMILES string of the molecule is CCSc1cc2c(cc1C(=O)Nc1cc(C(F)(F)F)n(CC)c(=O)c1NC)nc(C(F)(F)F)n2C. The lowest BCUT2D eigenvalue weighted by atomic mass is 10.1. The highest BCUT2D eigenvalue weighted by Crippen LogP contribution is 2.35. The summed E-state index contributed by atoms with van der Waals surface area (Å²) < 4.78 is 82.0. The van der Waals surface area contributed by atoms with E-state index in [2.05, 4.69) is 15.6 Å². The summed E-state index contributed by atoms with van der Waals surface area (Å²) >= 11 is 1.16. The van der Waals surface area contributed by atoms with Crippen LogP contribution in [0.3, 0.4) is 0 Å². The third-order valence-electron chi connectivity index (χ3n) is 5.19. The minimum atomic E-state index is -4.87. The van der Waals surface area contributed by atoms with E-state index in [1.807, 2.05) is 0 Å². The zero-order valence-corrected chi connectivity index (χ0v) is 19.8. The van der Waals surface area contributed by atoms with E-state index in [-0.39, 0.29) is 28.8 Å². The fraction of sp³-hybridized carbons (Fsp3) is 0.381. The van der Waals surface area contributed by atoms with Crippen molar-refractivity contribution in [3.63, 3.8) is 0 Å². The molecule has 3 rings (SSSR count). The Morgan fingerprint density at radius 1 is 1.09 bits per heavy atom. The van der Waals surface area contributed by atoms with Gasteiger partial charge in [-0.1, -0.05) is 6.92 Å². The van der Waals surface area contributed by atoms with Gasteiger partial charge in [-0.3, -0.25) is 9.59 Å². The molecule has 2 heterocycles. The first-order valence-corrected chi connectivity index (χ1v) is 11.3. The minimum absolute atomic E-state index is 0.0912. The van der Waals surface area contributed by atoms with Crippen molar-refractivity contribution in [2.75, 3.05) is 23.4 Å². The van der Waals surface area contributed by atoms with Crippen LogP contribution in [0.2, 0.25) is 0 Å². The van der Waals surface area contributed by atoms with Crippen molar-refractivity contribution >= 4 is 40.1 Å². The normalized spacial score (nSPS) is 12.3. The molecule has 0 saturated carbocycles. The maximum Gasteiger partial charge on any atom is 0.449 e. The van der Waals surface area contributed by atoms with Crippen molar-refractivity contribution in [1.82, 2.24) is 14.1 Å². The number of fused-ring (bicyclic) bond motifs is 1. The Kier molecular flexibility index (Phi) is 7.16. The first kappa shape index (κ1) is 26.4. The maximum atomic E-state index is 13.6. The van der Waals surface area contributed by atoms with Gasteiger partial charge in [0.1, 0.15) is 11.4 Å². The highest BCUT2D eigenvalue weighted by Gasteiger charge is 2.38. The highest BCUT2D eigenvalue weighted by atomic mass is 32.2. The van der Waals surface area contributed by atoms with E-state index in [0.717, 1.165) is 22.4 Å². The van der Waals surface area contributed by atoms with Gasteiger partial charge in [-0.05, 0) is 30.9 Å². The quantitative estimate of drug-likeness (QED) is 0.344. The smallest absolute Gasteiger partial charge is 0.382 e. The molecule has 0 bridgehead atoms. The summed E-state index contributed by atoms with van der Waals surface area (Å²) in [5.74, 6) is -1.60. The second-order valence-corrected chi connectivity index (χ2v) is 8.64. The van der Waals surface area contributed by atoms with Crippen LogP contribution in [0.5, 0.6) is 0 Å². The van der Waals surface area contributed by atoms with Crippen LogP contribution in [0.1, 0.15) is 35.7 Å². The maximum absolute atomic E-state index is 13.6. The van der Waals surface area contributed by atoms with Gasteiger partial charge in [-0.25, -0.2) is 4.98 Å². The average molecular weight is 521 g/mol. The number of aryl methyl sites for hydroxylation is 1. The molecular weight excluding hydrogens is 500 g/mol. The molecule has 3 aromatic rings. The predicted molar refractivity (Wildman–Crippen MR) is 121 cm³/mol. The molecule has 0 fully saturated rings. The molecule has 0 aliphatic heterocycles.